The van der Waals surface area contributed by atoms with E-state index in [0.717, 1.165) is 23.6 Å². The third-order valence-electron chi connectivity index (χ3n) is 3.39. The van der Waals surface area contributed by atoms with E-state index in [2.05, 4.69) is 43.8 Å². The lowest BCUT2D eigenvalue weighted by Gasteiger charge is -2.31. The lowest BCUT2D eigenvalue weighted by atomic mass is 10.2. The van der Waals surface area contributed by atoms with Gasteiger partial charge in [-0.05, 0) is 59.2 Å². The maximum Gasteiger partial charge on any atom is 0.185 e. The van der Waals surface area contributed by atoms with Crippen LogP contribution in [0.1, 0.15) is 39.0 Å². The second-order valence-corrected chi connectivity index (χ2v) is 5.82. The molecule has 0 aliphatic heterocycles. The van der Waals surface area contributed by atoms with E-state index in [-0.39, 0.29) is 0 Å². The van der Waals surface area contributed by atoms with Crippen molar-refractivity contribution in [3.05, 3.63) is 23.4 Å². The van der Waals surface area contributed by atoms with Crippen LogP contribution >= 0.6 is 0 Å². The van der Waals surface area contributed by atoms with Crippen LogP contribution in [0.4, 0.5) is 5.82 Å². The number of rotatable bonds is 6. The molecule has 20 heavy (non-hydrogen) atoms. The van der Waals surface area contributed by atoms with E-state index in [0.29, 0.717) is 18.6 Å². The van der Waals surface area contributed by atoms with Gasteiger partial charge < -0.3 is 0 Å². The fourth-order valence-electron chi connectivity index (χ4n) is 2.50. The minimum Gasteiger partial charge on any atom is -0.297 e. The zero-order chi connectivity index (χ0) is 15.3. The monoisotopic (exact) mass is 274 g/mol. The van der Waals surface area contributed by atoms with Gasteiger partial charge in [0.2, 0.25) is 0 Å². The molecule has 0 atom stereocenters. The number of hydrogen-bond acceptors (Lipinski definition) is 4. The van der Waals surface area contributed by atoms with Crippen molar-refractivity contribution < 1.29 is 0 Å². The lowest BCUT2D eigenvalue weighted by molar-refractivity contribution is 0.180. The third kappa shape index (κ3) is 4.50. The van der Waals surface area contributed by atoms with Crippen molar-refractivity contribution in [1.82, 2.24) is 9.88 Å². The molecule has 0 amide bonds. The van der Waals surface area contributed by atoms with Gasteiger partial charge in [0, 0.05) is 30.9 Å². The summed E-state index contributed by atoms with van der Waals surface area (Å²) in [5.74, 6) is 0.748. The topological polar surface area (TPSA) is 43.2 Å². The normalized spacial score (nSPS) is 11.2. The predicted molar refractivity (Wildman–Crippen MR) is 83.6 cm³/mol. The molecule has 4 heteroatoms. The lowest BCUT2D eigenvalue weighted by Crippen LogP contribution is -2.41. The van der Waals surface area contributed by atoms with Gasteiger partial charge in [-0.3, -0.25) is 9.80 Å². The Labute approximate surface area is 123 Å². The quantitative estimate of drug-likeness (QED) is 0.590. The number of hydrogen-bond donors (Lipinski definition) is 0. The zero-order valence-corrected chi connectivity index (χ0v) is 13.5. The van der Waals surface area contributed by atoms with Crippen LogP contribution in [0.25, 0.3) is 0 Å². The Bertz CT molecular complexity index is 446. The first kappa shape index (κ1) is 16.5. The second kappa shape index (κ2) is 7.25. The van der Waals surface area contributed by atoms with Crippen LogP contribution in [-0.2, 0) is 0 Å². The molecule has 0 aliphatic rings. The number of pyridine rings is 1. The molecule has 0 saturated heterocycles. The zero-order valence-electron chi connectivity index (χ0n) is 13.5. The Balaban J connectivity index is 2.80. The van der Waals surface area contributed by atoms with Crippen molar-refractivity contribution in [2.45, 2.75) is 53.6 Å². The third-order valence-corrected chi connectivity index (χ3v) is 3.39. The first-order chi connectivity index (χ1) is 9.35. The molecule has 4 nitrogen and oxygen atoms in total. The molecule has 0 unspecified atom stereocenters. The molecule has 1 heterocycles. The largest absolute Gasteiger partial charge is 0.297 e. The molecule has 0 bridgehead atoms. The predicted octanol–water partition coefficient (Wildman–Crippen LogP) is 3.10. The van der Waals surface area contributed by atoms with Gasteiger partial charge in [0.1, 0.15) is 5.82 Å². The van der Waals surface area contributed by atoms with Crippen molar-refractivity contribution in [2.24, 2.45) is 0 Å². The van der Waals surface area contributed by atoms with Gasteiger partial charge in [-0.2, -0.15) is 5.26 Å². The van der Waals surface area contributed by atoms with E-state index in [4.69, 9.17) is 0 Å². The van der Waals surface area contributed by atoms with Crippen LogP contribution in [0, 0.1) is 25.3 Å². The molecule has 110 valence electrons. The van der Waals surface area contributed by atoms with Gasteiger partial charge >= 0.3 is 0 Å². The molecule has 1 aromatic heterocycles. The molecule has 0 aromatic carbocycles. The molecule has 0 radical (unpaired) electrons. The minimum absolute atomic E-state index is 0.475. The molecule has 0 spiro atoms. The molecular weight excluding hydrogens is 248 g/mol. The highest BCUT2D eigenvalue weighted by atomic mass is 15.2. The highest BCUT2D eigenvalue weighted by Crippen LogP contribution is 2.14. The molecule has 0 saturated carbocycles. The molecule has 0 N–H and O–H groups in total. The maximum absolute atomic E-state index is 9.37. The molecule has 1 aromatic rings. The number of aromatic nitrogens is 1. The summed E-state index contributed by atoms with van der Waals surface area (Å²) >= 11 is 0. The summed E-state index contributed by atoms with van der Waals surface area (Å²) in [5.41, 5.74) is 2.09. The van der Waals surface area contributed by atoms with Gasteiger partial charge in [-0.25, -0.2) is 4.98 Å². The average Bonchev–Trinajstić information content (AvgIpc) is 2.32. The van der Waals surface area contributed by atoms with E-state index >= 15 is 0 Å². The van der Waals surface area contributed by atoms with Crippen molar-refractivity contribution in [3.63, 3.8) is 0 Å². The molecule has 0 aliphatic carbocycles. The van der Waals surface area contributed by atoms with Gasteiger partial charge in [0.25, 0.3) is 0 Å². The highest BCUT2D eigenvalue weighted by molar-refractivity contribution is 5.46. The number of anilines is 1. The number of nitrogens with zero attached hydrogens (tertiary/aromatic N) is 4. The molecular formula is C16H26N4. The molecule has 1 rings (SSSR count). The Hall–Kier alpha value is -1.60. The van der Waals surface area contributed by atoms with E-state index in [9.17, 15) is 5.26 Å². The van der Waals surface area contributed by atoms with Gasteiger partial charge in [-0.15, -0.1) is 0 Å². The maximum atomic E-state index is 9.37. The van der Waals surface area contributed by atoms with E-state index in [1.165, 1.54) is 0 Å². The van der Waals surface area contributed by atoms with Gasteiger partial charge in [0.05, 0.1) is 0 Å². The smallest absolute Gasteiger partial charge is 0.185 e. The van der Waals surface area contributed by atoms with Crippen molar-refractivity contribution in [3.8, 4) is 6.19 Å². The Morgan fingerprint density at radius 1 is 1.10 bits per heavy atom. The highest BCUT2D eigenvalue weighted by Gasteiger charge is 2.16. The first-order valence-corrected chi connectivity index (χ1v) is 7.23. The minimum atomic E-state index is 0.475. The van der Waals surface area contributed by atoms with E-state index < -0.39 is 0 Å². The van der Waals surface area contributed by atoms with Crippen LogP contribution in [0.2, 0.25) is 0 Å². The average molecular weight is 274 g/mol. The number of nitriles is 1. The van der Waals surface area contributed by atoms with E-state index in [1.807, 2.05) is 26.0 Å². The Kier molecular flexibility index (Phi) is 5.97. The van der Waals surface area contributed by atoms with Crippen LogP contribution in [0.15, 0.2) is 12.1 Å². The summed E-state index contributed by atoms with van der Waals surface area (Å²) in [6.07, 6.45) is 2.25. The molecule has 0 fully saturated rings. The number of aryl methyl sites for hydroxylation is 2. The van der Waals surface area contributed by atoms with Crippen molar-refractivity contribution in [2.75, 3.05) is 18.0 Å². The summed E-state index contributed by atoms with van der Waals surface area (Å²) in [7, 11) is 0. The SMILES string of the molecule is Cc1cc(C)nc(N(C#N)CCN(C(C)C)C(C)C)c1. The van der Waals surface area contributed by atoms with Crippen molar-refractivity contribution in [1.29, 1.82) is 5.26 Å². The van der Waals surface area contributed by atoms with E-state index in [1.54, 1.807) is 4.90 Å². The summed E-state index contributed by atoms with van der Waals surface area (Å²) in [6.45, 7) is 14.3. The fourth-order valence-corrected chi connectivity index (χ4v) is 2.50. The standard InChI is InChI=1S/C16H26N4/c1-12(2)20(13(3)4)8-7-19(11-17)16-10-14(5)9-15(6)18-16/h9-10,12-13H,7-8H2,1-6H3. The summed E-state index contributed by atoms with van der Waals surface area (Å²) in [5, 5.41) is 9.37. The van der Waals surface area contributed by atoms with Crippen LogP contribution in [-0.4, -0.2) is 35.1 Å². The Morgan fingerprint density at radius 2 is 1.70 bits per heavy atom. The second-order valence-electron chi connectivity index (χ2n) is 5.82. The van der Waals surface area contributed by atoms with Crippen LogP contribution < -0.4 is 4.90 Å². The van der Waals surface area contributed by atoms with Crippen molar-refractivity contribution >= 4 is 5.82 Å². The van der Waals surface area contributed by atoms with Crippen LogP contribution in [0.3, 0.4) is 0 Å². The summed E-state index contributed by atoms with van der Waals surface area (Å²) < 4.78 is 0. The first-order valence-electron chi connectivity index (χ1n) is 7.23. The van der Waals surface area contributed by atoms with Gasteiger partial charge in [0.15, 0.2) is 6.19 Å². The summed E-state index contributed by atoms with van der Waals surface area (Å²) in [6, 6.07) is 4.93. The fraction of sp³-hybridized carbons (Fsp3) is 0.625. The van der Waals surface area contributed by atoms with Gasteiger partial charge in [-0.1, -0.05) is 0 Å². The Morgan fingerprint density at radius 3 is 2.15 bits per heavy atom. The summed E-state index contributed by atoms with van der Waals surface area (Å²) in [4.78, 5) is 8.52. The van der Waals surface area contributed by atoms with Crippen LogP contribution in [0.5, 0.6) is 0 Å².